The Hall–Kier alpha value is -1.13. The molecule has 0 spiro atoms. The molecule has 0 bridgehead atoms. The van der Waals surface area contributed by atoms with Gasteiger partial charge < -0.3 is 4.90 Å². The molecule has 2 aliphatic heterocycles. The van der Waals surface area contributed by atoms with Crippen molar-refractivity contribution >= 4 is 17.5 Å². The summed E-state index contributed by atoms with van der Waals surface area (Å²) in [6, 6.07) is 4.49. The van der Waals surface area contributed by atoms with E-state index >= 15 is 0 Å². The van der Waals surface area contributed by atoms with E-state index in [-0.39, 0.29) is 10.9 Å². The van der Waals surface area contributed by atoms with E-state index in [1.54, 1.807) is 6.07 Å². The smallest absolute Gasteiger partial charge is 0.254 e. The van der Waals surface area contributed by atoms with Crippen LogP contribution in [0.25, 0.3) is 0 Å². The third-order valence-electron chi connectivity index (χ3n) is 4.47. The molecule has 0 aliphatic carbocycles. The fourth-order valence-corrected chi connectivity index (χ4v) is 3.59. The molecule has 3 rings (SSSR count). The molecule has 2 fully saturated rings. The number of carbonyl (C=O) groups is 1. The molecule has 5 heteroatoms. The summed E-state index contributed by atoms with van der Waals surface area (Å²) in [5.41, 5.74) is 0.347. The van der Waals surface area contributed by atoms with Gasteiger partial charge in [-0.3, -0.25) is 9.69 Å². The largest absolute Gasteiger partial charge is 0.337 e. The average molecular weight is 311 g/mol. The molecular formula is C16H20ClFN2O. The van der Waals surface area contributed by atoms with Gasteiger partial charge in [0.05, 0.1) is 0 Å². The molecule has 0 N–H and O–H groups in total. The van der Waals surface area contributed by atoms with E-state index in [1.165, 1.54) is 31.4 Å². The first kappa shape index (κ1) is 14.8. The second-order valence-corrected chi connectivity index (χ2v) is 6.38. The number of carbonyl (C=O) groups excluding carboxylic acids is 1. The monoisotopic (exact) mass is 310 g/mol. The minimum absolute atomic E-state index is 0.115. The average Bonchev–Trinajstić information content (AvgIpc) is 2.96. The van der Waals surface area contributed by atoms with Crippen molar-refractivity contribution in [1.29, 1.82) is 0 Å². The number of amides is 1. The molecule has 0 unspecified atom stereocenters. The van der Waals surface area contributed by atoms with Gasteiger partial charge in [0, 0.05) is 29.7 Å². The summed E-state index contributed by atoms with van der Waals surface area (Å²) in [6.45, 7) is 3.76. The predicted molar refractivity (Wildman–Crippen MR) is 81.1 cm³/mol. The van der Waals surface area contributed by atoms with Gasteiger partial charge in [-0.15, -0.1) is 0 Å². The Labute approximate surface area is 129 Å². The van der Waals surface area contributed by atoms with Gasteiger partial charge in [0.25, 0.3) is 5.91 Å². The Morgan fingerprint density at radius 1 is 1.14 bits per heavy atom. The van der Waals surface area contributed by atoms with Gasteiger partial charge in [-0.2, -0.15) is 0 Å². The van der Waals surface area contributed by atoms with Gasteiger partial charge in [0.1, 0.15) is 5.82 Å². The van der Waals surface area contributed by atoms with E-state index in [1.807, 2.05) is 4.90 Å². The van der Waals surface area contributed by atoms with E-state index in [9.17, 15) is 9.18 Å². The standard InChI is InChI=1S/C16H20ClFN2O/c17-13-8-12(9-14(18)10-13)16(21)20-7-4-15(11-20)19-5-2-1-3-6-19/h8-10,15H,1-7,11H2/t15-/m1/s1. The van der Waals surface area contributed by atoms with Crippen molar-refractivity contribution in [1.82, 2.24) is 9.80 Å². The normalized spacial score (nSPS) is 23.5. The van der Waals surface area contributed by atoms with E-state index in [0.29, 0.717) is 11.6 Å². The number of rotatable bonds is 2. The van der Waals surface area contributed by atoms with E-state index < -0.39 is 5.82 Å². The summed E-state index contributed by atoms with van der Waals surface area (Å²) in [5, 5.41) is 0.269. The molecule has 2 saturated heterocycles. The van der Waals surface area contributed by atoms with Crippen LogP contribution in [0.4, 0.5) is 4.39 Å². The lowest BCUT2D eigenvalue weighted by atomic mass is 10.1. The van der Waals surface area contributed by atoms with Crippen LogP contribution in [0, 0.1) is 5.82 Å². The number of piperidine rings is 1. The molecule has 1 aromatic carbocycles. The number of nitrogens with zero attached hydrogens (tertiary/aromatic N) is 2. The maximum absolute atomic E-state index is 13.4. The molecule has 2 heterocycles. The highest BCUT2D eigenvalue weighted by Crippen LogP contribution is 2.23. The molecule has 0 saturated carbocycles. The van der Waals surface area contributed by atoms with Crippen LogP contribution < -0.4 is 0 Å². The number of hydrogen-bond acceptors (Lipinski definition) is 2. The lowest BCUT2D eigenvalue weighted by Gasteiger charge is -2.32. The third kappa shape index (κ3) is 3.38. The zero-order valence-corrected chi connectivity index (χ0v) is 12.8. The van der Waals surface area contributed by atoms with Crippen molar-refractivity contribution in [3.63, 3.8) is 0 Å². The zero-order chi connectivity index (χ0) is 14.8. The molecule has 2 aliphatic rings. The molecule has 3 nitrogen and oxygen atoms in total. The van der Waals surface area contributed by atoms with Crippen LogP contribution in [0.15, 0.2) is 18.2 Å². The lowest BCUT2D eigenvalue weighted by molar-refractivity contribution is 0.0771. The van der Waals surface area contributed by atoms with E-state index in [0.717, 1.165) is 32.6 Å². The van der Waals surface area contributed by atoms with Crippen molar-refractivity contribution in [2.24, 2.45) is 0 Å². The quantitative estimate of drug-likeness (QED) is 0.837. The van der Waals surface area contributed by atoms with Crippen molar-refractivity contribution in [3.05, 3.63) is 34.6 Å². The Morgan fingerprint density at radius 3 is 2.62 bits per heavy atom. The maximum Gasteiger partial charge on any atom is 0.254 e. The van der Waals surface area contributed by atoms with Gasteiger partial charge in [-0.1, -0.05) is 18.0 Å². The number of hydrogen-bond donors (Lipinski definition) is 0. The third-order valence-corrected chi connectivity index (χ3v) is 4.69. The Kier molecular flexibility index (Phi) is 4.45. The molecular weight excluding hydrogens is 291 g/mol. The minimum Gasteiger partial charge on any atom is -0.337 e. The molecule has 1 amide bonds. The number of likely N-dealkylation sites (tertiary alicyclic amines) is 2. The van der Waals surface area contributed by atoms with Crippen LogP contribution in [0.2, 0.25) is 5.02 Å². The van der Waals surface area contributed by atoms with Crippen LogP contribution in [0.5, 0.6) is 0 Å². The topological polar surface area (TPSA) is 23.6 Å². The predicted octanol–water partition coefficient (Wildman–Crippen LogP) is 3.18. The van der Waals surface area contributed by atoms with Gasteiger partial charge in [-0.25, -0.2) is 4.39 Å². The molecule has 1 aromatic rings. The lowest BCUT2D eigenvalue weighted by Crippen LogP contribution is -2.41. The van der Waals surface area contributed by atoms with Gasteiger partial charge in [0.15, 0.2) is 0 Å². The summed E-state index contributed by atoms with van der Waals surface area (Å²) in [4.78, 5) is 16.8. The Morgan fingerprint density at radius 2 is 1.90 bits per heavy atom. The van der Waals surface area contributed by atoms with Crippen molar-refractivity contribution in [2.75, 3.05) is 26.2 Å². The SMILES string of the molecule is O=C(c1cc(F)cc(Cl)c1)N1CC[C@@H](N2CCCCC2)C1. The summed E-state index contributed by atoms with van der Waals surface area (Å²) in [6.07, 6.45) is 4.83. The van der Waals surface area contributed by atoms with Gasteiger partial charge in [-0.05, 0) is 50.6 Å². The van der Waals surface area contributed by atoms with Crippen LogP contribution in [0.1, 0.15) is 36.0 Å². The first-order valence-corrected chi connectivity index (χ1v) is 8.01. The minimum atomic E-state index is -0.461. The van der Waals surface area contributed by atoms with Crippen molar-refractivity contribution < 1.29 is 9.18 Å². The number of benzene rings is 1. The molecule has 114 valence electrons. The van der Waals surface area contributed by atoms with Crippen molar-refractivity contribution in [3.8, 4) is 0 Å². The van der Waals surface area contributed by atoms with E-state index in [4.69, 9.17) is 11.6 Å². The maximum atomic E-state index is 13.4. The first-order valence-electron chi connectivity index (χ1n) is 7.63. The summed E-state index contributed by atoms with van der Waals surface area (Å²) < 4.78 is 13.4. The molecule has 0 aromatic heterocycles. The highest BCUT2D eigenvalue weighted by atomic mass is 35.5. The van der Waals surface area contributed by atoms with E-state index in [2.05, 4.69) is 4.90 Å². The van der Waals surface area contributed by atoms with Crippen LogP contribution >= 0.6 is 11.6 Å². The molecule has 0 radical (unpaired) electrons. The van der Waals surface area contributed by atoms with Crippen LogP contribution in [-0.4, -0.2) is 47.9 Å². The van der Waals surface area contributed by atoms with Crippen LogP contribution in [0.3, 0.4) is 0 Å². The highest BCUT2D eigenvalue weighted by molar-refractivity contribution is 6.31. The second-order valence-electron chi connectivity index (χ2n) is 5.95. The Balaban J connectivity index is 1.66. The van der Waals surface area contributed by atoms with Gasteiger partial charge in [0.2, 0.25) is 0 Å². The zero-order valence-electron chi connectivity index (χ0n) is 12.0. The summed E-state index contributed by atoms with van der Waals surface area (Å²) in [7, 11) is 0. The fraction of sp³-hybridized carbons (Fsp3) is 0.562. The molecule has 21 heavy (non-hydrogen) atoms. The van der Waals surface area contributed by atoms with Crippen molar-refractivity contribution in [2.45, 2.75) is 31.7 Å². The Bertz CT molecular complexity index is 511. The highest BCUT2D eigenvalue weighted by Gasteiger charge is 2.31. The second kappa shape index (κ2) is 6.32. The van der Waals surface area contributed by atoms with Crippen LogP contribution in [-0.2, 0) is 0 Å². The summed E-state index contributed by atoms with van der Waals surface area (Å²) in [5.74, 6) is -0.575. The molecule has 1 atom stereocenters. The van der Waals surface area contributed by atoms with Gasteiger partial charge >= 0.3 is 0 Å². The summed E-state index contributed by atoms with van der Waals surface area (Å²) >= 11 is 5.83. The first-order chi connectivity index (χ1) is 10.1. The fourth-order valence-electron chi connectivity index (χ4n) is 3.37. The number of halogens is 2.